The highest BCUT2D eigenvalue weighted by Crippen LogP contribution is 2.29. The highest BCUT2D eigenvalue weighted by Gasteiger charge is 2.30. The van der Waals surface area contributed by atoms with E-state index in [1.807, 2.05) is 6.92 Å². The third-order valence-corrected chi connectivity index (χ3v) is 3.22. The summed E-state index contributed by atoms with van der Waals surface area (Å²) in [4.78, 5) is 13.5. The van der Waals surface area contributed by atoms with Crippen LogP contribution in [-0.4, -0.2) is 11.9 Å². The summed E-state index contributed by atoms with van der Waals surface area (Å²) in [5.74, 6) is 0.0849. The van der Waals surface area contributed by atoms with Gasteiger partial charge in [-0.1, -0.05) is 19.1 Å². The smallest absolute Gasteiger partial charge is 0.263 e. The van der Waals surface area contributed by atoms with Gasteiger partial charge in [0.2, 0.25) is 5.91 Å². The van der Waals surface area contributed by atoms with E-state index >= 15 is 0 Å². The third kappa shape index (κ3) is 2.30. The first-order valence-electron chi connectivity index (χ1n) is 5.83. The number of halogens is 2. The minimum Gasteiger partial charge on any atom is -0.309 e. The van der Waals surface area contributed by atoms with Gasteiger partial charge in [0.1, 0.15) is 0 Å². The third-order valence-electron chi connectivity index (χ3n) is 3.22. The Bertz CT molecular complexity index is 402. The molecule has 0 radical (unpaired) electrons. The number of rotatable bonds is 3. The van der Waals surface area contributed by atoms with Crippen molar-refractivity contribution in [2.45, 2.75) is 38.7 Å². The van der Waals surface area contributed by atoms with Crippen molar-refractivity contribution in [3.63, 3.8) is 0 Å². The topological polar surface area (TPSA) is 20.3 Å². The minimum atomic E-state index is -2.46. The maximum absolute atomic E-state index is 12.4. The molecular weight excluding hydrogens is 224 g/mol. The second kappa shape index (κ2) is 4.82. The number of amides is 1. The molecule has 1 aromatic rings. The van der Waals surface area contributed by atoms with Crippen LogP contribution in [-0.2, 0) is 4.79 Å². The molecule has 1 aliphatic heterocycles. The van der Waals surface area contributed by atoms with E-state index in [2.05, 4.69) is 0 Å². The van der Waals surface area contributed by atoms with Gasteiger partial charge < -0.3 is 4.90 Å². The van der Waals surface area contributed by atoms with Gasteiger partial charge in [-0.2, -0.15) is 0 Å². The molecule has 2 nitrogen and oxygen atoms in total. The van der Waals surface area contributed by atoms with Crippen molar-refractivity contribution < 1.29 is 13.6 Å². The van der Waals surface area contributed by atoms with Gasteiger partial charge >= 0.3 is 0 Å². The fourth-order valence-corrected chi connectivity index (χ4v) is 2.27. The van der Waals surface area contributed by atoms with Gasteiger partial charge in [-0.15, -0.1) is 0 Å². The lowest BCUT2D eigenvalue weighted by Gasteiger charge is -2.24. The number of anilines is 1. The Hall–Kier alpha value is -1.45. The zero-order valence-electron chi connectivity index (χ0n) is 9.70. The SMILES string of the molecule is CCC1CCC(=O)N1c1ccc(C(F)F)cc1. The molecule has 0 spiro atoms. The molecule has 17 heavy (non-hydrogen) atoms. The molecule has 1 aliphatic rings. The number of alkyl halides is 2. The molecule has 1 fully saturated rings. The maximum atomic E-state index is 12.4. The summed E-state index contributed by atoms with van der Waals surface area (Å²) in [5.41, 5.74) is 0.720. The zero-order valence-corrected chi connectivity index (χ0v) is 9.70. The standard InChI is InChI=1S/C13H15F2NO/c1-2-10-7-8-12(17)16(10)11-5-3-9(4-6-11)13(14)15/h3-6,10,13H,2,7-8H2,1H3. The molecule has 1 aromatic carbocycles. The molecule has 2 rings (SSSR count). The largest absolute Gasteiger partial charge is 0.309 e. The highest BCUT2D eigenvalue weighted by atomic mass is 19.3. The monoisotopic (exact) mass is 239 g/mol. The minimum absolute atomic E-state index is 0.00607. The molecule has 1 atom stereocenters. The summed E-state index contributed by atoms with van der Waals surface area (Å²) in [7, 11) is 0. The second-order valence-corrected chi connectivity index (χ2v) is 4.26. The lowest BCUT2D eigenvalue weighted by molar-refractivity contribution is -0.117. The van der Waals surface area contributed by atoms with Crippen molar-refractivity contribution in [2.75, 3.05) is 4.90 Å². The summed E-state index contributed by atoms with van der Waals surface area (Å²) in [6.07, 6.45) is -0.163. The number of hydrogen-bond donors (Lipinski definition) is 0. The lowest BCUT2D eigenvalue weighted by Crippen LogP contribution is -2.32. The van der Waals surface area contributed by atoms with Crippen LogP contribution >= 0.6 is 0 Å². The molecule has 0 bridgehead atoms. The predicted molar refractivity (Wildman–Crippen MR) is 62.2 cm³/mol. The van der Waals surface area contributed by atoms with Crippen LogP contribution in [0.3, 0.4) is 0 Å². The normalized spacial score (nSPS) is 20.4. The van der Waals surface area contributed by atoms with Crippen LogP contribution < -0.4 is 4.90 Å². The average molecular weight is 239 g/mol. The Morgan fingerprint density at radius 2 is 2.00 bits per heavy atom. The van der Waals surface area contributed by atoms with Gasteiger partial charge in [0.25, 0.3) is 6.43 Å². The molecule has 92 valence electrons. The van der Waals surface area contributed by atoms with E-state index < -0.39 is 6.43 Å². The lowest BCUT2D eigenvalue weighted by atomic mass is 10.1. The fourth-order valence-electron chi connectivity index (χ4n) is 2.27. The Morgan fingerprint density at radius 3 is 2.53 bits per heavy atom. The van der Waals surface area contributed by atoms with Crippen LogP contribution in [0.25, 0.3) is 0 Å². The summed E-state index contributed by atoms with van der Waals surface area (Å²) < 4.78 is 24.8. The van der Waals surface area contributed by atoms with Gasteiger partial charge in [0.05, 0.1) is 0 Å². The molecule has 1 saturated heterocycles. The van der Waals surface area contributed by atoms with Gasteiger partial charge in [-0.05, 0) is 25.0 Å². The van der Waals surface area contributed by atoms with E-state index in [0.29, 0.717) is 6.42 Å². The van der Waals surface area contributed by atoms with Crippen LogP contribution in [0, 0.1) is 0 Å². The summed E-state index contributed by atoms with van der Waals surface area (Å²) in [6, 6.07) is 6.19. The van der Waals surface area contributed by atoms with E-state index in [1.165, 1.54) is 12.1 Å². The Kier molecular flexibility index (Phi) is 3.41. The highest BCUT2D eigenvalue weighted by molar-refractivity contribution is 5.96. The molecule has 1 heterocycles. The van der Waals surface area contributed by atoms with E-state index in [4.69, 9.17) is 0 Å². The predicted octanol–water partition coefficient (Wildman–Crippen LogP) is 3.53. The Balaban J connectivity index is 2.24. The van der Waals surface area contributed by atoms with Crippen molar-refractivity contribution in [1.29, 1.82) is 0 Å². The number of benzene rings is 1. The maximum Gasteiger partial charge on any atom is 0.263 e. The van der Waals surface area contributed by atoms with Crippen LogP contribution in [0.15, 0.2) is 24.3 Å². The summed E-state index contributed by atoms with van der Waals surface area (Å²) in [5, 5.41) is 0. The number of carbonyl (C=O) groups is 1. The second-order valence-electron chi connectivity index (χ2n) is 4.26. The van der Waals surface area contributed by atoms with Crippen molar-refractivity contribution in [3.8, 4) is 0 Å². The number of nitrogens with zero attached hydrogens (tertiary/aromatic N) is 1. The van der Waals surface area contributed by atoms with Crippen LogP contribution in [0.4, 0.5) is 14.5 Å². The number of carbonyl (C=O) groups excluding carboxylic acids is 1. The fraction of sp³-hybridized carbons (Fsp3) is 0.462. The molecule has 0 saturated carbocycles. The first-order chi connectivity index (χ1) is 8.13. The first kappa shape index (κ1) is 12.0. The van der Waals surface area contributed by atoms with Gasteiger partial charge in [0, 0.05) is 23.7 Å². The van der Waals surface area contributed by atoms with E-state index in [1.54, 1.807) is 17.0 Å². The molecule has 4 heteroatoms. The van der Waals surface area contributed by atoms with Crippen molar-refractivity contribution in [2.24, 2.45) is 0 Å². The summed E-state index contributed by atoms with van der Waals surface area (Å²) >= 11 is 0. The summed E-state index contributed by atoms with van der Waals surface area (Å²) in [6.45, 7) is 2.03. The molecule has 0 N–H and O–H groups in total. The molecular formula is C13H15F2NO. The van der Waals surface area contributed by atoms with Gasteiger partial charge in [-0.3, -0.25) is 4.79 Å². The average Bonchev–Trinajstić information content (AvgIpc) is 2.70. The van der Waals surface area contributed by atoms with Crippen LogP contribution in [0.2, 0.25) is 0 Å². The molecule has 0 aliphatic carbocycles. The van der Waals surface area contributed by atoms with Crippen LogP contribution in [0.1, 0.15) is 38.2 Å². The van der Waals surface area contributed by atoms with Crippen molar-refractivity contribution in [3.05, 3.63) is 29.8 Å². The van der Waals surface area contributed by atoms with E-state index in [9.17, 15) is 13.6 Å². The molecule has 0 aromatic heterocycles. The van der Waals surface area contributed by atoms with Gasteiger partial charge in [0.15, 0.2) is 0 Å². The van der Waals surface area contributed by atoms with E-state index in [0.717, 1.165) is 18.5 Å². The molecule has 1 amide bonds. The Labute approximate surface area is 99.2 Å². The van der Waals surface area contributed by atoms with Crippen LogP contribution in [0.5, 0.6) is 0 Å². The van der Waals surface area contributed by atoms with E-state index in [-0.39, 0.29) is 17.5 Å². The van der Waals surface area contributed by atoms with Crippen molar-refractivity contribution >= 4 is 11.6 Å². The van der Waals surface area contributed by atoms with Gasteiger partial charge in [-0.25, -0.2) is 8.78 Å². The number of hydrogen-bond acceptors (Lipinski definition) is 1. The zero-order chi connectivity index (χ0) is 12.4. The quantitative estimate of drug-likeness (QED) is 0.790. The first-order valence-corrected chi connectivity index (χ1v) is 5.83. The van der Waals surface area contributed by atoms with Crippen molar-refractivity contribution in [1.82, 2.24) is 0 Å². The Morgan fingerprint density at radius 1 is 1.35 bits per heavy atom. The molecule has 1 unspecified atom stereocenters.